The number of pyridine rings is 1. The molecule has 0 radical (unpaired) electrons. The lowest BCUT2D eigenvalue weighted by atomic mass is 9.80. The first-order valence-corrected chi connectivity index (χ1v) is 12.7. The van der Waals surface area contributed by atoms with Crippen LogP contribution in [-0.4, -0.2) is 36.5 Å². The predicted molar refractivity (Wildman–Crippen MR) is 134 cm³/mol. The maximum atomic E-state index is 6.22. The van der Waals surface area contributed by atoms with Gasteiger partial charge >= 0.3 is 0 Å². The summed E-state index contributed by atoms with van der Waals surface area (Å²) in [4.78, 5) is 8.76. The molecule has 4 rings (SSSR count). The van der Waals surface area contributed by atoms with Crippen molar-refractivity contribution in [3.05, 3.63) is 53.5 Å². The summed E-state index contributed by atoms with van der Waals surface area (Å²) in [6, 6.07) is 3.95. The number of aliphatic imine (C=N–C) groups is 1. The van der Waals surface area contributed by atoms with Crippen LogP contribution in [0.3, 0.4) is 0 Å². The normalized spacial score (nSPS) is 21.6. The molecule has 0 unspecified atom stereocenters. The van der Waals surface area contributed by atoms with E-state index < -0.39 is 0 Å². The third kappa shape index (κ3) is 8.38. The molecule has 0 atom stereocenters. The fourth-order valence-electron chi connectivity index (χ4n) is 4.36. The molecule has 1 aromatic rings. The molecule has 2 aliphatic carbocycles. The van der Waals surface area contributed by atoms with E-state index in [4.69, 9.17) is 19.2 Å². The van der Waals surface area contributed by atoms with Crippen LogP contribution in [0.2, 0.25) is 0 Å². The van der Waals surface area contributed by atoms with Crippen molar-refractivity contribution in [1.29, 1.82) is 0 Å². The van der Waals surface area contributed by atoms with Gasteiger partial charge in [-0.05, 0) is 76.3 Å². The zero-order valence-electron chi connectivity index (χ0n) is 21.0. The average Bonchev–Trinajstić information content (AvgIpc) is 3.56. The van der Waals surface area contributed by atoms with Crippen LogP contribution in [0.1, 0.15) is 77.7 Å². The molecule has 2 saturated carbocycles. The standard InChI is InChI=1S/C22H35NO3.C6H7N/c1-4-6-7-17(3)23-21(24-16-18-8-9-18)20(5-2)19-10-12-22(13-11-19)25-14-15-26-22;1-6-3-2-4-7-5-6/h5,7,18-19H,4,6,8-16H2,1-3H3;2-5H,1H3/b17-7+,20-5-,23-21-;. The summed E-state index contributed by atoms with van der Waals surface area (Å²) in [5, 5.41) is 0. The smallest absolute Gasteiger partial charge is 0.216 e. The Morgan fingerprint density at radius 3 is 2.45 bits per heavy atom. The average molecular weight is 455 g/mol. The van der Waals surface area contributed by atoms with Gasteiger partial charge in [-0.1, -0.05) is 31.6 Å². The Bertz CT molecular complexity index is 796. The largest absolute Gasteiger partial charge is 0.477 e. The highest BCUT2D eigenvalue weighted by Gasteiger charge is 2.41. The van der Waals surface area contributed by atoms with Crippen molar-refractivity contribution in [3.63, 3.8) is 0 Å². The summed E-state index contributed by atoms with van der Waals surface area (Å²) in [5.74, 6) is 1.75. The Morgan fingerprint density at radius 2 is 1.94 bits per heavy atom. The molecule has 1 aromatic heterocycles. The van der Waals surface area contributed by atoms with E-state index in [2.05, 4.69) is 37.9 Å². The quantitative estimate of drug-likeness (QED) is 0.336. The van der Waals surface area contributed by atoms with Crippen molar-refractivity contribution < 1.29 is 14.2 Å². The Kier molecular flexibility index (Phi) is 10.1. The number of aromatic nitrogens is 1. The van der Waals surface area contributed by atoms with E-state index in [0.717, 1.165) is 75.9 Å². The Balaban J connectivity index is 0.000000374. The molecule has 0 aromatic carbocycles. The van der Waals surface area contributed by atoms with Crippen LogP contribution >= 0.6 is 0 Å². The van der Waals surface area contributed by atoms with Gasteiger partial charge in [0.05, 0.1) is 19.8 Å². The molecular formula is C28H42N2O3. The monoisotopic (exact) mass is 454 g/mol. The number of rotatable bonds is 7. The third-order valence-electron chi connectivity index (χ3n) is 6.53. The summed E-state index contributed by atoms with van der Waals surface area (Å²) in [5.41, 5.74) is 3.54. The molecule has 0 bridgehead atoms. The Labute approximate surface area is 200 Å². The summed E-state index contributed by atoms with van der Waals surface area (Å²) >= 11 is 0. The maximum absolute atomic E-state index is 6.22. The fraction of sp³-hybridized carbons (Fsp3) is 0.643. The van der Waals surface area contributed by atoms with E-state index in [9.17, 15) is 0 Å². The summed E-state index contributed by atoms with van der Waals surface area (Å²) < 4.78 is 18.0. The van der Waals surface area contributed by atoms with E-state index in [0.29, 0.717) is 5.92 Å². The van der Waals surface area contributed by atoms with Crippen molar-refractivity contribution in [1.82, 2.24) is 4.98 Å². The first-order chi connectivity index (χ1) is 16.0. The van der Waals surface area contributed by atoms with Crippen molar-refractivity contribution in [3.8, 4) is 0 Å². The maximum Gasteiger partial charge on any atom is 0.216 e. The molecule has 5 heteroatoms. The minimum absolute atomic E-state index is 0.307. The Morgan fingerprint density at radius 1 is 1.21 bits per heavy atom. The number of nitrogens with zero attached hydrogens (tertiary/aromatic N) is 2. The lowest BCUT2D eigenvalue weighted by molar-refractivity contribution is -0.180. The Hall–Kier alpha value is -1.98. The molecule has 1 aliphatic heterocycles. The number of ether oxygens (including phenoxy) is 3. The molecule has 0 amide bonds. The van der Waals surface area contributed by atoms with Crippen LogP contribution in [0, 0.1) is 18.8 Å². The molecule has 0 N–H and O–H groups in total. The highest BCUT2D eigenvalue weighted by Crippen LogP contribution is 2.41. The number of hydrogen-bond acceptors (Lipinski definition) is 5. The number of hydrogen-bond donors (Lipinski definition) is 0. The second-order valence-corrected chi connectivity index (χ2v) is 9.46. The molecular weight excluding hydrogens is 412 g/mol. The molecule has 33 heavy (non-hydrogen) atoms. The van der Waals surface area contributed by atoms with Crippen molar-refractivity contribution in [2.75, 3.05) is 19.8 Å². The SMILES string of the molecule is C\C=C(/C(=N/C(C)=C/CCC)OCC1CC1)C1CCC2(CC1)OCCO2.Cc1cccnc1. The van der Waals surface area contributed by atoms with Gasteiger partial charge in [-0.25, -0.2) is 4.99 Å². The molecule has 3 aliphatic rings. The molecule has 2 heterocycles. The van der Waals surface area contributed by atoms with Gasteiger partial charge in [0.2, 0.25) is 5.90 Å². The molecule has 3 fully saturated rings. The topological polar surface area (TPSA) is 52.9 Å². The highest BCUT2D eigenvalue weighted by atomic mass is 16.7. The van der Waals surface area contributed by atoms with Crippen LogP contribution in [0.5, 0.6) is 0 Å². The summed E-state index contributed by atoms with van der Waals surface area (Å²) in [6.45, 7) is 10.7. The highest BCUT2D eigenvalue weighted by molar-refractivity contribution is 5.94. The van der Waals surface area contributed by atoms with Crippen LogP contribution in [0.25, 0.3) is 0 Å². The van der Waals surface area contributed by atoms with Gasteiger partial charge in [0.15, 0.2) is 5.79 Å². The predicted octanol–water partition coefficient (Wildman–Crippen LogP) is 6.79. The fourth-order valence-corrected chi connectivity index (χ4v) is 4.36. The van der Waals surface area contributed by atoms with E-state index in [1.165, 1.54) is 24.0 Å². The van der Waals surface area contributed by atoms with Crippen LogP contribution in [0.15, 0.2) is 52.9 Å². The second kappa shape index (κ2) is 13.0. The zero-order chi connectivity index (χ0) is 23.5. The minimum Gasteiger partial charge on any atom is -0.477 e. The summed E-state index contributed by atoms with van der Waals surface area (Å²) in [6.07, 6.45) is 16.9. The lowest BCUT2D eigenvalue weighted by Gasteiger charge is -2.36. The molecule has 1 spiro atoms. The van der Waals surface area contributed by atoms with Gasteiger partial charge in [-0.2, -0.15) is 0 Å². The molecule has 182 valence electrons. The van der Waals surface area contributed by atoms with Gasteiger partial charge in [-0.3, -0.25) is 4.98 Å². The number of aryl methyl sites for hydroxylation is 1. The van der Waals surface area contributed by atoms with Gasteiger partial charge in [0.1, 0.15) is 0 Å². The number of allylic oxidation sites excluding steroid dienone is 3. The third-order valence-corrected chi connectivity index (χ3v) is 6.53. The van der Waals surface area contributed by atoms with Crippen LogP contribution in [-0.2, 0) is 14.2 Å². The van der Waals surface area contributed by atoms with E-state index in [-0.39, 0.29) is 5.79 Å². The molecule has 5 nitrogen and oxygen atoms in total. The zero-order valence-corrected chi connectivity index (χ0v) is 21.0. The van der Waals surface area contributed by atoms with Gasteiger partial charge in [0.25, 0.3) is 0 Å². The number of unbranched alkanes of at least 4 members (excludes halogenated alkanes) is 1. The van der Waals surface area contributed by atoms with Crippen LogP contribution in [0.4, 0.5) is 0 Å². The molecule has 1 saturated heterocycles. The first kappa shape index (κ1) is 25.6. The van der Waals surface area contributed by atoms with Crippen molar-refractivity contribution >= 4 is 5.90 Å². The second-order valence-electron chi connectivity index (χ2n) is 9.46. The van der Waals surface area contributed by atoms with E-state index in [1.807, 2.05) is 25.3 Å². The van der Waals surface area contributed by atoms with E-state index in [1.54, 1.807) is 6.20 Å². The van der Waals surface area contributed by atoms with Gasteiger partial charge in [0, 0.05) is 36.5 Å². The van der Waals surface area contributed by atoms with Gasteiger partial charge in [-0.15, -0.1) is 0 Å². The first-order valence-electron chi connectivity index (χ1n) is 12.7. The lowest BCUT2D eigenvalue weighted by Crippen LogP contribution is -2.36. The van der Waals surface area contributed by atoms with Crippen molar-refractivity contribution in [2.24, 2.45) is 16.8 Å². The van der Waals surface area contributed by atoms with Crippen LogP contribution < -0.4 is 0 Å². The van der Waals surface area contributed by atoms with Crippen molar-refractivity contribution in [2.45, 2.75) is 84.8 Å². The summed E-state index contributed by atoms with van der Waals surface area (Å²) in [7, 11) is 0. The van der Waals surface area contributed by atoms with E-state index >= 15 is 0 Å². The van der Waals surface area contributed by atoms with Gasteiger partial charge < -0.3 is 14.2 Å². The minimum atomic E-state index is -0.307.